The second kappa shape index (κ2) is 9.21. The molecule has 0 unspecified atom stereocenters. The first-order valence-electron chi connectivity index (χ1n) is 9.45. The number of rotatable bonds is 6. The highest BCUT2D eigenvalue weighted by atomic mass is 16.5. The summed E-state index contributed by atoms with van der Waals surface area (Å²) in [5.41, 5.74) is 1.98. The third-order valence-electron chi connectivity index (χ3n) is 4.91. The lowest BCUT2D eigenvalue weighted by molar-refractivity contribution is -0.132. The summed E-state index contributed by atoms with van der Waals surface area (Å²) in [5.74, 6) is 0.784. The Kier molecular flexibility index (Phi) is 6.47. The highest BCUT2D eigenvalue weighted by Gasteiger charge is 2.26. The number of anilines is 1. The molecule has 2 aromatic rings. The van der Waals surface area contributed by atoms with Crippen LogP contribution in [-0.4, -0.2) is 36.4 Å². The van der Waals surface area contributed by atoms with E-state index >= 15 is 0 Å². The minimum atomic E-state index is -0.0525. The van der Waals surface area contributed by atoms with Crippen LogP contribution in [0, 0.1) is 5.92 Å². The molecule has 1 fully saturated rings. The molecule has 0 atom stereocenters. The van der Waals surface area contributed by atoms with Gasteiger partial charge in [-0.05, 0) is 30.5 Å². The molecule has 3 rings (SSSR count). The lowest BCUT2D eigenvalue weighted by Gasteiger charge is -2.30. The molecular formula is C22H26N2O3. The van der Waals surface area contributed by atoms with E-state index < -0.39 is 0 Å². The summed E-state index contributed by atoms with van der Waals surface area (Å²) < 4.78 is 5.82. The summed E-state index contributed by atoms with van der Waals surface area (Å²) in [7, 11) is 0. The Morgan fingerprint density at radius 2 is 1.81 bits per heavy atom. The first-order chi connectivity index (χ1) is 13.1. The minimum absolute atomic E-state index is 0.0136. The molecule has 0 bridgehead atoms. The lowest BCUT2D eigenvalue weighted by Crippen LogP contribution is -2.40. The first-order valence-corrected chi connectivity index (χ1v) is 9.45. The highest BCUT2D eigenvalue weighted by Crippen LogP contribution is 2.22. The van der Waals surface area contributed by atoms with E-state index in [1.807, 2.05) is 42.5 Å². The van der Waals surface area contributed by atoms with E-state index in [4.69, 9.17) is 4.74 Å². The number of likely N-dealkylation sites (tertiary alicyclic amines) is 1. The third-order valence-corrected chi connectivity index (χ3v) is 4.91. The van der Waals surface area contributed by atoms with Crippen molar-refractivity contribution < 1.29 is 14.3 Å². The molecule has 5 nitrogen and oxygen atoms in total. The average molecular weight is 366 g/mol. The fourth-order valence-corrected chi connectivity index (χ4v) is 3.30. The van der Waals surface area contributed by atoms with Crippen molar-refractivity contribution in [3.63, 3.8) is 0 Å². The molecule has 0 aromatic heterocycles. The van der Waals surface area contributed by atoms with Crippen LogP contribution in [0.2, 0.25) is 0 Å². The summed E-state index contributed by atoms with van der Waals surface area (Å²) in [5, 5.41) is 2.98. The number of hydrogen-bond donors (Lipinski definition) is 1. The van der Waals surface area contributed by atoms with Gasteiger partial charge in [0.25, 0.3) is 0 Å². The van der Waals surface area contributed by atoms with Crippen molar-refractivity contribution in [2.24, 2.45) is 5.92 Å². The van der Waals surface area contributed by atoms with Gasteiger partial charge in [-0.25, -0.2) is 0 Å². The number of piperidine rings is 1. The zero-order valence-electron chi connectivity index (χ0n) is 15.7. The number of benzene rings is 2. The Balaban J connectivity index is 1.48. The van der Waals surface area contributed by atoms with Gasteiger partial charge in [-0.2, -0.15) is 0 Å². The Labute approximate surface area is 160 Å². The van der Waals surface area contributed by atoms with Crippen molar-refractivity contribution in [2.45, 2.75) is 26.2 Å². The van der Waals surface area contributed by atoms with E-state index in [0.717, 1.165) is 17.9 Å². The molecule has 5 heteroatoms. The van der Waals surface area contributed by atoms with Crippen LogP contribution in [0.1, 0.15) is 25.3 Å². The molecule has 1 aliphatic rings. The van der Waals surface area contributed by atoms with Crippen molar-refractivity contribution in [2.75, 3.05) is 25.0 Å². The van der Waals surface area contributed by atoms with Gasteiger partial charge < -0.3 is 15.0 Å². The molecule has 0 radical (unpaired) electrons. The molecule has 2 amide bonds. The highest BCUT2D eigenvalue weighted by molar-refractivity contribution is 5.92. The quantitative estimate of drug-likeness (QED) is 0.851. The Morgan fingerprint density at radius 1 is 1.07 bits per heavy atom. The van der Waals surface area contributed by atoms with Gasteiger partial charge in [0.1, 0.15) is 5.75 Å². The second-order valence-corrected chi connectivity index (χ2v) is 6.88. The van der Waals surface area contributed by atoms with Crippen LogP contribution in [0.4, 0.5) is 5.69 Å². The molecule has 2 aromatic carbocycles. The van der Waals surface area contributed by atoms with Gasteiger partial charge in [-0.1, -0.05) is 36.4 Å². The molecule has 1 aliphatic heterocycles. The maximum absolute atomic E-state index is 12.5. The summed E-state index contributed by atoms with van der Waals surface area (Å²) in [6.45, 7) is 3.46. The Hall–Kier alpha value is -2.82. The van der Waals surface area contributed by atoms with E-state index in [0.29, 0.717) is 32.5 Å². The van der Waals surface area contributed by atoms with Crippen molar-refractivity contribution in [1.29, 1.82) is 0 Å². The van der Waals surface area contributed by atoms with Gasteiger partial charge in [-0.3, -0.25) is 9.59 Å². The van der Waals surface area contributed by atoms with Gasteiger partial charge in [0.2, 0.25) is 11.8 Å². The zero-order valence-corrected chi connectivity index (χ0v) is 15.7. The molecule has 0 saturated carbocycles. The summed E-state index contributed by atoms with van der Waals surface area (Å²) in [6, 6.07) is 17.7. The zero-order chi connectivity index (χ0) is 19.1. The molecule has 0 aliphatic carbocycles. The fourth-order valence-electron chi connectivity index (χ4n) is 3.30. The summed E-state index contributed by atoms with van der Waals surface area (Å²) in [6.07, 6.45) is 2.25. The van der Waals surface area contributed by atoms with Gasteiger partial charge in [0.15, 0.2) is 0 Å². The molecule has 142 valence electrons. The van der Waals surface area contributed by atoms with Crippen LogP contribution in [-0.2, 0) is 16.0 Å². The smallest absolute Gasteiger partial charge is 0.227 e. The van der Waals surface area contributed by atoms with Crippen LogP contribution in [0.5, 0.6) is 5.75 Å². The summed E-state index contributed by atoms with van der Waals surface area (Å²) in [4.78, 5) is 25.7. The van der Waals surface area contributed by atoms with E-state index in [1.165, 1.54) is 5.56 Å². The van der Waals surface area contributed by atoms with Crippen molar-refractivity contribution in [1.82, 2.24) is 4.90 Å². The van der Waals surface area contributed by atoms with Crippen LogP contribution in [0.25, 0.3) is 0 Å². The van der Waals surface area contributed by atoms with Gasteiger partial charge in [0, 0.05) is 44.1 Å². The number of hydrogen-bond acceptors (Lipinski definition) is 3. The van der Waals surface area contributed by atoms with Crippen LogP contribution < -0.4 is 10.1 Å². The summed E-state index contributed by atoms with van der Waals surface area (Å²) >= 11 is 0. The standard InChI is InChI=1S/C22H26N2O3/c1-17(25)24-13-10-19(11-14-24)22(26)23-20-8-5-9-21(16-20)27-15-12-18-6-3-2-4-7-18/h2-9,16,19H,10-15H2,1H3,(H,23,26). The topological polar surface area (TPSA) is 58.6 Å². The molecule has 1 N–H and O–H groups in total. The van der Waals surface area contributed by atoms with Gasteiger partial charge in [0.05, 0.1) is 6.61 Å². The minimum Gasteiger partial charge on any atom is -0.493 e. The van der Waals surface area contributed by atoms with Gasteiger partial charge in [-0.15, -0.1) is 0 Å². The number of carbonyl (C=O) groups is 2. The van der Waals surface area contributed by atoms with Crippen molar-refractivity contribution in [3.8, 4) is 5.75 Å². The van der Waals surface area contributed by atoms with Crippen molar-refractivity contribution >= 4 is 17.5 Å². The fraction of sp³-hybridized carbons (Fsp3) is 0.364. The number of nitrogens with zero attached hydrogens (tertiary/aromatic N) is 1. The first kappa shape index (κ1) is 19.0. The van der Waals surface area contributed by atoms with E-state index in [2.05, 4.69) is 17.4 Å². The lowest BCUT2D eigenvalue weighted by atomic mass is 9.96. The molecule has 27 heavy (non-hydrogen) atoms. The molecule has 1 saturated heterocycles. The number of nitrogens with one attached hydrogen (secondary N) is 1. The second-order valence-electron chi connectivity index (χ2n) is 6.88. The molecular weight excluding hydrogens is 340 g/mol. The predicted octanol–water partition coefficient (Wildman–Crippen LogP) is 3.51. The van der Waals surface area contributed by atoms with Gasteiger partial charge >= 0.3 is 0 Å². The largest absolute Gasteiger partial charge is 0.493 e. The van der Waals surface area contributed by atoms with Crippen LogP contribution in [0.3, 0.4) is 0 Å². The molecule has 0 spiro atoms. The number of carbonyl (C=O) groups excluding carboxylic acids is 2. The van der Waals surface area contributed by atoms with E-state index in [-0.39, 0.29) is 17.7 Å². The molecule has 1 heterocycles. The maximum Gasteiger partial charge on any atom is 0.227 e. The van der Waals surface area contributed by atoms with Crippen LogP contribution in [0.15, 0.2) is 54.6 Å². The Bertz CT molecular complexity index is 768. The van der Waals surface area contributed by atoms with E-state index in [1.54, 1.807) is 11.8 Å². The monoisotopic (exact) mass is 366 g/mol. The predicted molar refractivity (Wildman–Crippen MR) is 106 cm³/mol. The third kappa shape index (κ3) is 5.58. The number of ether oxygens (including phenoxy) is 1. The van der Waals surface area contributed by atoms with E-state index in [9.17, 15) is 9.59 Å². The average Bonchev–Trinajstić information content (AvgIpc) is 2.69. The normalized spacial score (nSPS) is 14.6. The maximum atomic E-state index is 12.5. The van der Waals surface area contributed by atoms with Crippen LogP contribution >= 0.6 is 0 Å². The van der Waals surface area contributed by atoms with Crippen molar-refractivity contribution in [3.05, 3.63) is 60.2 Å². The Morgan fingerprint density at radius 3 is 2.52 bits per heavy atom. The SMILES string of the molecule is CC(=O)N1CCC(C(=O)Nc2cccc(OCCc3ccccc3)c2)CC1. The number of amides is 2.